The first-order valence-corrected chi connectivity index (χ1v) is 3.50. The highest BCUT2D eigenvalue weighted by Crippen LogP contribution is 2.04. The molecule has 0 saturated carbocycles. The first kappa shape index (κ1) is 8.29. The van der Waals surface area contributed by atoms with E-state index in [0.717, 1.165) is 5.06 Å². The molecule has 1 aliphatic rings. The van der Waals surface area contributed by atoms with E-state index in [1.165, 1.54) is 0 Å². The first-order chi connectivity index (χ1) is 5.25. The van der Waals surface area contributed by atoms with Crippen LogP contribution in [0.3, 0.4) is 0 Å². The van der Waals surface area contributed by atoms with Gasteiger partial charge in [0.25, 0.3) is 0 Å². The predicted molar refractivity (Wildman–Crippen MR) is 37.3 cm³/mol. The van der Waals surface area contributed by atoms with Crippen molar-refractivity contribution in [3.8, 4) is 0 Å². The van der Waals surface area contributed by atoms with E-state index in [9.17, 15) is 4.79 Å². The standard InChI is InChI=1S/C6H12N2O3/c1-11-5-4-7-2-3-8(10)6(7)9/h10H,2-5H2,1H3. The normalized spacial score (nSPS) is 18.2. The molecular formula is C6H12N2O3. The minimum absolute atomic E-state index is 0.331. The Morgan fingerprint density at radius 2 is 2.36 bits per heavy atom. The molecule has 0 aromatic carbocycles. The maximum absolute atomic E-state index is 11.0. The van der Waals surface area contributed by atoms with Crippen molar-refractivity contribution < 1.29 is 14.7 Å². The van der Waals surface area contributed by atoms with Gasteiger partial charge < -0.3 is 9.64 Å². The summed E-state index contributed by atoms with van der Waals surface area (Å²) in [6, 6.07) is -0.331. The molecule has 1 fully saturated rings. The van der Waals surface area contributed by atoms with Gasteiger partial charge in [0.15, 0.2) is 0 Å². The number of hydrogen-bond acceptors (Lipinski definition) is 3. The van der Waals surface area contributed by atoms with E-state index in [1.54, 1.807) is 12.0 Å². The second-order valence-electron chi connectivity index (χ2n) is 2.39. The van der Waals surface area contributed by atoms with Gasteiger partial charge in [0.1, 0.15) is 0 Å². The fraction of sp³-hybridized carbons (Fsp3) is 0.833. The second-order valence-corrected chi connectivity index (χ2v) is 2.39. The van der Waals surface area contributed by atoms with Crippen molar-refractivity contribution in [2.45, 2.75) is 0 Å². The molecule has 1 rings (SSSR count). The van der Waals surface area contributed by atoms with Crippen LogP contribution in [0.15, 0.2) is 0 Å². The Balaban J connectivity index is 2.30. The lowest BCUT2D eigenvalue weighted by molar-refractivity contribution is -0.0270. The molecule has 0 unspecified atom stereocenters. The SMILES string of the molecule is COCCN1CCN(O)C1=O. The molecule has 2 amide bonds. The smallest absolute Gasteiger partial charge is 0.343 e. The lowest BCUT2D eigenvalue weighted by atomic mass is 10.5. The van der Waals surface area contributed by atoms with E-state index in [2.05, 4.69) is 0 Å². The van der Waals surface area contributed by atoms with Crippen LogP contribution in [0.4, 0.5) is 4.79 Å². The third kappa shape index (κ3) is 1.81. The van der Waals surface area contributed by atoms with E-state index < -0.39 is 0 Å². The number of carbonyl (C=O) groups is 1. The Morgan fingerprint density at radius 3 is 2.82 bits per heavy atom. The maximum atomic E-state index is 11.0. The topological polar surface area (TPSA) is 53.0 Å². The molecule has 1 N–H and O–H groups in total. The van der Waals surface area contributed by atoms with Gasteiger partial charge in [-0.15, -0.1) is 0 Å². The van der Waals surface area contributed by atoms with Crippen LogP contribution in [0, 0.1) is 0 Å². The highest BCUT2D eigenvalue weighted by molar-refractivity contribution is 5.75. The molecule has 5 heteroatoms. The van der Waals surface area contributed by atoms with Crippen molar-refractivity contribution in [1.82, 2.24) is 9.96 Å². The van der Waals surface area contributed by atoms with Gasteiger partial charge in [0, 0.05) is 20.2 Å². The van der Waals surface area contributed by atoms with Crippen molar-refractivity contribution in [3.63, 3.8) is 0 Å². The Kier molecular flexibility index (Phi) is 2.67. The molecule has 5 nitrogen and oxygen atoms in total. The lowest BCUT2D eigenvalue weighted by Crippen LogP contribution is -2.32. The quantitative estimate of drug-likeness (QED) is 0.580. The Morgan fingerprint density at radius 1 is 1.64 bits per heavy atom. The molecule has 0 aromatic rings. The van der Waals surface area contributed by atoms with Gasteiger partial charge in [-0.05, 0) is 0 Å². The van der Waals surface area contributed by atoms with Gasteiger partial charge in [-0.1, -0.05) is 0 Å². The zero-order valence-corrected chi connectivity index (χ0v) is 6.49. The fourth-order valence-corrected chi connectivity index (χ4v) is 0.979. The third-order valence-electron chi connectivity index (χ3n) is 1.64. The van der Waals surface area contributed by atoms with Crippen LogP contribution < -0.4 is 0 Å². The highest BCUT2D eigenvalue weighted by atomic mass is 16.5. The molecule has 0 aliphatic carbocycles. The van der Waals surface area contributed by atoms with E-state index in [0.29, 0.717) is 26.2 Å². The van der Waals surface area contributed by atoms with E-state index in [-0.39, 0.29) is 6.03 Å². The largest absolute Gasteiger partial charge is 0.383 e. The van der Waals surface area contributed by atoms with Gasteiger partial charge >= 0.3 is 6.03 Å². The van der Waals surface area contributed by atoms with Gasteiger partial charge in [-0.3, -0.25) is 5.21 Å². The van der Waals surface area contributed by atoms with Crippen molar-refractivity contribution in [2.24, 2.45) is 0 Å². The summed E-state index contributed by atoms with van der Waals surface area (Å²) in [6.07, 6.45) is 0. The van der Waals surface area contributed by atoms with E-state index >= 15 is 0 Å². The number of carbonyl (C=O) groups excluding carboxylic acids is 1. The third-order valence-corrected chi connectivity index (χ3v) is 1.64. The molecule has 64 valence electrons. The first-order valence-electron chi connectivity index (χ1n) is 3.50. The number of ether oxygens (including phenoxy) is 1. The number of amides is 2. The minimum atomic E-state index is -0.331. The van der Waals surface area contributed by atoms with Gasteiger partial charge in [0.05, 0.1) is 13.2 Å². The number of hydrogen-bond donors (Lipinski definition) is 1. The Labute approximate surface area is 65.1 Å². The molecule has 1 saturated heterocycles. The fourth-order valence-electron chi connectivity index (χ4n) is 0.979. The summed E-state index contributed by atoms with van der Waals surface area (Å²) in [5.74, 6) is 0. The summed E-state index contributed by atoms with van der Waals surface area (Å²) >= 11 is 0. The summed E-state index contributed by atoms with van der Waals surface area (Å²) in [7, 11) is 1.58. The van der Waals surface area contributed by atoms with Crippen LogP contribution in [0.25, 0.3) is 0 Å². The predicted octanol–water partition coefficient (Wildman–Crippen LogP) is -0.240. The van der Waals surface area contributed by atoms with Crippen LogP contribution in [0.1, 0.15) is 0 Å². The molecule has 11 heavy (non-hydrogen) atoms. The molecule has 0 atom stereocenters. The van der Waals surface area contributed by atoms with Crippen molar-refractivity contribution in [3.05, 3.63) is 0 Å². The molecule has 1 aliphatic heterocycles. The molecule has 0 radical (unpaired) electrons. The Bertz CT molecular complexity index is 151. The summed E-state index contributed by atoms with van der Waals surface area (Å²) in [5.41, 5.74) is 0. The molecular weight excluding hydrogens is 148 g/mol. The van der Waals surface area contributed by atoms with Crippen LogP contribution in [-0.4, -0.2) is 54.6 Å². The molecule has 0 bridgehead atoms. The second kappa shape index (κ2) is 3.54. The van der Waals surface area contributed by atoms with Gasteiger partial charge in [-0.25, -0.2) is 9.86 Å². The zero-order valence-electron chi connectivity index (χ0n) is 6.49. The average molecular weight is 160 g/mol. The summed E-state index contributed by atoms with van der Waals surface area (Å²) in [4.78, 5) is 12.5. The summed E-state index contributed by atoms with van der Waals surface area (Å²) in [6.45, 7) is 2.03. The number of urea groups is 1. The van der Waals surface area contributed by atoms with Gasteiger partial charge in [-0.2, -0.15) is 0 Å². The average Bonchev–Trinajstić information content (AvgIpc) is 2.31. The van der Waals surface area contributed by atoms with Crippen LogP contribution in [0.5, 0.6) is 0 Å². The van der Waals surface area contributed by atoms with Crippen LogP contribution >= 0.6 is 0 Å². The van der Waals surface area contributed by atoms with Crippen LogP contribution in [0.2, 0.25) is 0 Å². The molecule has 1 heterocycles. The number of methoxy groups -OCH3 is 1. The monoisotopic (exact) mass is 160 g/mol. The van der Waals surface area contributed by atoms with Crippen molar-refractivity contribution >= 4 is 6.03 Å². The highest BCUT2D eigenvalue weighted by Gasteiger charge is 2.26. The van der Waals surface area contributed by atoms with Crippen molar-refractivity contribution in [1.29, 1.82) is 0 Å². The minimum Gasteiger partial charge on any atom is -0.383 e. The summed E-state index contributed by atoms with van der Waals surface area (Å²) in [5, 5.41) is 9.59. The van der Waals surface area contributed by atoms with E-state index in [4.69, 9.17) is 9.94 Å². The number of nitrogens with zero attached hydrogens (tertiary/aromatic N) is 2. The molecule has 0 spiro atoms. The number of hydroxylamine groups is 2. The maximum Gasteiger partial charge on any atom is 0.343 e. The molecule has 0 aromatic heterocycles. The van der Waals surface area contributed by atoms with Crippen molar-refractivity contribution in [2.75, 3.05) is 33.4 Å². The number of rotatable bonds is 3. The lowest BCUT2D eigenvalue weighted by Gasteiger charge is -2.13. The Hall–Kier alpha value is -0.810. The van der Waals surface area contributed by atoms with Crippen LogP contribution in [-0.2, 0) is 4.74 Å². The summed E-state index contributed by atoms with van der Waals surface area (Å²) < 4.78 is 4.79. The van der Waals surface area contributed by atoms with Gasteiger partial charge in [0.2, 0.25) is 0 Å². The van der Waals surface area contributed by atoms with E-state index in [1.807, 2.05) is 0 Å². The zero-order chi connectivity index (χ0) is 8.27.